The van der Waals surface area contributed by atoms with Gasteiger partial charge in [-0.1, -0.05) is 0 Å². The van der Waals surface area contributed by atoms with Gasteiger partial charge in [-0.3, -0.25) is 4.90 Å². The van der Waals surface area contributed by atoms with Gasteiger partial charge in [-0.15, -0.1) is 4.68 Å². The zero-order chi connectivity index (χ0) is 16.4. The maximum Gasteiger partial charge on any atom is 0.437 e. The summed E-state index contributed by atoms with van der Waals surface area (Å²) in [4.78, 5) is 25.3. The third kappa shape index (κ3) is 5.09. The van der Waals surface area contributed by atoms with Crippen LogP contribution in [0.4, 0.5) is 15.4 Å². The second-order valence-corrected chi connectivity index (χ2v) is 6.62. The van der Waals surface area contributed by atoms with Crippen molar-refractivity contribution in [1.82, 2.24) is 9.78 Å². The molecule has 0 atom stereocenters. The number of anilines is 1. The van der Waals surface area contributed by atoms with Gasteiger partial charge in [-0.2, -0.15) is 5.10 Å². The van der Waals surface area contributed by atoms with Crippen molar-refractivity contribution in [2.24, 2.45) is 0 Å². The third-order valence-corrected chi connectivity index (χ3v) is 2.20. The van der Waals surface area contributed by atoms with E-state index < -0.39 is 23.4 Å². The maximum absolute atomic E-state index is 12.1. The molecule has 1 amide bonds. The van der Waals surface area contributed by atoms with E-state index in [0.29, 0.717) is 0 Å². The molecule has 0 radical (unpaired) electrons. The molecular formula is C14H23N3O4. The Hall–Kier alpha value is -2.05. The summed E-state index contributed by atoms with van der Waals surface area (Å²) in [7, 11) is 1.51. The van der Waals surface area contributed by atoms with Crippen molar-refractivity contribution >= 4 is 18.0 Å². The molecule has 118 valence electrons. The fourth-order valence-electron chi connectivity index (χ4n) is 1.42. The molecule has 0 aliphatic rings. The average Bonchev–Trinajstić information content (AvgIpc) is 2.71. The summed E-state index contributed by atoms with van der Waals surface area (Å²) in [5.74, 6) is 0.276. The molecule has 7 heteroatoms. The van der Waals surface area contributed by atoms with E-state index in [0.717, 1.165) is 4.68 Å². The lowest BCUT2D eigenvalue weighted by Crippen LogP contribution is -2.37. The van der Waals surface area contributed by atoms with Crippen LogP contribution in [0.5, 0.6) is 0 Å². The molecule has 1 heterocycles. The van der Waals surface area contributed by atoms with E-state index in [1.807, 2.05) is 0 Å². The zero-order valence-corrected chi connectivity index (χ0v) is 13.6. The summed E-state index contributed by atoms with van der Waals surface area (Å²) < 4.78 is 11.5. The molecule has 0 saturated heterocycles. The first kappa shape index (κ1) is 17.0. The Morgan fingerprint density at radius 2 is 1.62 bits per heavy atom. The monoisotopic (exact) mass is 297 g/mol. The van der Waals surface area contributed by atoms with Crippen LogP contribution in [0.2, 0.25) is 0 Å². The first-order chi connectivity index (χ1) is 9.41. The molecule has 0 spiro atoms. The predicted octanol–water partition coefficient (Wildman–Crippen LogP) is 3.04. The number of amides is 1. The van der Waals surface area contributed by atoms with Crippen LogP contribution in [0.1, 0.15) is 41.5 Å². The average molecular weight is 297 g/mol. The molecule has 0 unspecified atom stereocenters. The van der Waals surface area contributed by atoms with Crippen molar-refractivity contribution in [3.8, 4) is 0 Å². The first-order valence-corrected chi connectivity index (χ1v) is 6.65. The second kappa shape index (κ2) is 5.75. The Kier molecular flexibility index (Phi) is 4.65. The van der Waals surface area contributed by atoms with Crippen LogP contribution < -0.4 is 4.90 Å². The Morgan fingerprint density at radius 3 is 2.10 bits per heavy atom. The van der Waals surface area contributed by atoms with Gasteiger partial charge in [0.25, 0.3) is 0 Å². The van der Waals surface area contributed by atoms with Gasteiger partial charge in [0.2, 0.25) is 0 Å². The van der Waals surface area contributed by atoms with Crippen molar-refractivity contribution < 1.29 is 19.1 Å². The molecule has 0 aromatic carbocycles. The fourth-order valence-corrected chi connectivity index (χ4v) is 1.42. The number of hydrogen-bond donors (Lipinski definition) is 0. The number of aromatic nitrogens is 2. The number of ether oxygens (including phenoxy) is 2. The third-order valence-electron chi connectivity index (χ3n) is 2.20. The van der Waals surface area contributed by atoms with Gasteiger partial charge in [0.1, 0.15) is 17.0 Å². The minimum Gasteiger partial charge on any atom is -0.443 e. The van der Waals surface area contributed by atoms with E-state index >= 15 is 0 Å². The molecule has 0 N–H and O–H groups in total. The van der Waals surface area contributed by atoms with Gasteiger partial charge in [-0.05, 0) is 41.5 Å². The van der Waals surface area contributed by atoms with Gasteiger partial charge < -0.3 is 9.47 Å². The lowest BCUT2D eigenvalue weighted by Gasteiger charge is -2.25. The highest BCUT2D eigenvalue weighted by Crippen LogP contribution is 2.18. The molecule has 0 fully saturated rings. The highest BCUT2D eigenvalue weighted by molar-refractivity contribution is 5.88. The summed E-state index contributed by atoms with van der Waals surface area (Å²) in [5, 5.41) is 3.89. The molecule has 21 heavy (non-hydrogen) atoms. The maximum atomic E-state index is 12.1. The summed E-state index contributed by atoms with van der Waals surface area (Å²) in [5.41, 5.74) is -1.27. The number of nitrogens with zero attached hydrogens (tertiary/aromatic N) is 3. The van der Waals surface area contributed by atoms with Crippen LogP contribution in [-0.4, -0.2) is 40.2 Å². The summed E-state index contributed by atoms with van der Waals surface area (Å²) in [6.45, 7) is 10.6. The molecule has 0 aliphatic heterocycles. The van der Waals surface area contributed by atoms with Crippen LogP contribution in [-0.2, 0) is 9.47 Å². The van der Waals surface area contributed by atoms with Gasteiger partial charge >= 0.3 is 12.2 Å². The van der Waals surface area contributed by atoms with E-state index in [1.165, 1.54) is 24.2 Å². The lowest BCUT2D eigenvalue weighted by molar-refractivity contribution is 0.0513. The van der Waals surface area contributed by atoms with Crippen LogP contribution in [0.3, 0.4) is 0 Å². The minimum atomic E-state index is -0.655. The van der Waals surface area contributed by atoms with Crippen molar-refractivity contribution in [2.45, 2.75) is 52.7 Å². The number of rotatable bonds is 1. The van der Waals surface area contributed by atoms with Gasteiger partial charge in [0, 0.05) is 13.1 Å². The van der Waals surface area contributed by atoms with E-state index in [9.17, 15) is 9.59 Å². The summed E-state index contributed by atoms with van der Waals surface area (Å²) in [6.07, 6.45) is 0.186. The highest BCUT2D eigenvalue weighted by Gasteiger charge is 2.26. The normalized spacial score (nSPS) is 12.0. The van der Waals surface area contributed by atoms with E-state index in [1.54, 1.807) is 41.5 Å². The molecular weight excluding hydrogens is 274 g/mol. The Labute approximate surface area is 124 Å². The van der Waals surface area contributed by atoms with E-state index in [2.05, 4.69) is 5.10 Å². The van der Waals surface area contributed by atoms with E-state index in [-0.39, 0.29) is 5.82 Å². The quantitative estimate of drug-likeness (QED) is 0.796. The largest absolute Gasteiger partial charge is 0.443 e. The molecule has 7 nitrogen and oxygen atoms in total. The summed E-state index contributed by atoms with van der Waals surface area (Å²) >= 11 is 0. The molecule has 0 bridgehead atoms. The number of carbonyl (C=O) groups is 2. The summed E-state index contributed by atoms with van der Waals surface area (Å²) in [6, 6.07) is 1.54. The molecule has 0 aliphatic carbocycles. The Morgan fingerprint density at radius 1 is 1.10 bits per heavy atom. The Bertz CT molecular complexity index is 523. The highest BCUT2D eigenvalue weighted by atomic mass is 16.6. The smallest absolute Gasteiger partial charge is 0.437 e. The molecule has 1 rings (SSSR count). The van der Waals surface area contributed by atoms with Gasteiger partial charge in [0.05, 0.1) is 6.20 Å². The molecule has 0 saturated carbocycles. The number of hydrogen-bond acceptors (Lipinski definition) is 5. The second-order valence-electron chi connectivity index (χ2n) is 6.62. The van der Waals surface area contributed by atoms with Crippen LogP contribution in [0, 0.1) is 0 Å². The minimum absolute atomic E-state index is 0.276. The van der Waals surface area contributed by atoms with Crippen molar-refractivity contribution in [3.05, 3.63) is 12.3 Å². The standard InChI is InChI=1S/C14H23N3O4/c1-13(2,3)20-11(18)16(7)10-8-9-15-17(10)12(19)21-14(4,5)6/h8-9H,1-7H3. The molecule has 1 aromatic heterocycles. The van der Waals surface area contributed by atoms with Crippen LogP contribution in [0.25, 0.3) is 0 Å². The van der Waals surface area contributed by atoms with Crippen molar-refractivity contribution in [3.63, 3.8) is 0 Å². The fraction of sp³-hybridized carbons (Fsp3) is 0.643. The van der Waals surface area contributed by atoms with Crippen molar-refractivity contribution in [1.29, 1.82) is 0 Å². The number of carbonyl (C=O) groups excluding carboxylic acids is 2. The van der Waals surface area contributed by atoms with Crippen molar-refractivity contribution in [2.75, 3.05) is 11.9 Å². The Balaban J connectivity index is 2.93. The SMILES string of the molecule is CN(C(=O)OC(C)(C)C)c1ccnn1C(=O)OC(C)(C)C. The first-order valence-electron chi connectivity index (χ1n) is 6.65. The topological polar surface area (TPSA) is 73.7 Å². The predicted molar refractivity (Wildman–Crippen MR) is 78.5 cm³/mol. The molecule has 1 aromatic rings. The van der Waals surface area contributed by atoms with Crippen LogP contribution >= 0.6 is 0 Å². The zero-order valence-electron chi connectivity index (χ0n) is 13.6. The van der Waals surface area contributed by atoms with E-state index in [4.69, 9.17) is 9.47 Å². The lowest BCUT2D eigenvalue weighted by atomic mass is 10.2. The van der Waals surface area contributed by atoms with Crippen LogP contribution in [0.15, 0.2) is 12.3 Å². The van der Waals surface area contributed by atoms with Gasteiger partial charge in [0.15, 0.2) is 0 Å². The van der Waals surface area contributed by atoms with Gasteiger partial charge in [-0.25, -0.2) is 9.59 Å².